The molecule has 0 unspecified atom stereocenters. The van der Waals surface area contributed by atoms with E-state index in [1.165, 1.54) is 0 Å². The number of benzene rings is 1. The van der Waals surface area contributed by atoms with Crippen molar-refractivity contribution in [3.8, 4) is 11.5 Å². The first kappa shape index (κ1) is 17.1. The lowest BCUT2D eigenvalue weighted by Gasteiger charge is -2.39. The Bertz CT molecular complexity index is 786. The summed E-state index contributed by atoms with van der Waals surface area (Å²) in [4.78, 5) is 31.9. The molecule has 2 aromatic rings. The molecule has 25 heavy (non-hydrogen) atoms. The standard InChI is InChI=1S/C18H22N4O3/c1-12-6-4-5-7-15(12)18-19-16(20-25-18)10-17(24)21-8-9-22(14(3)23)13(2)11-21/h4-7,13H,8-11H2,1-3H3/t13-/m0/s1. The molecule has 0 aliphatic carbocycles. The molecule has 1 aromatic heterocycles. The summed E-state index contributed by atoms with van der Waals surface area (Å²) in [7, 11) is 0. The van der Waals surface area contributed by atoms with Crippen LogP contribution < -0.4 is 0 Å². The molecule has 1 aliphatic heterocycles. The van der Waals surface area contributed by atoms with Gasteiger partial charge in [-0.1, -0.05) is 23.4 Å². The number of carbonyl (C=O) groups is 2. The van der Waals surface area contributed by atoms with Gasteiger partial charge in [0.05, 0.1) is 6.42 Å². The summed E-state index contributed by atoms with van der Waals surface area (Å²) in [6.07, 6.45) is 0.0994. The first-order valence-electron chi connectivity index (χ1n) is 8.39. The maximum absolute atomic E-state index is 12.5. The molecular formula is C18H22N4O3. The molecule has 2 heterocycles. The monoisotopic (exact) mass is 342 g/mol. The van der Waals surface area contributed by atoms with Gasteiger partial charge in [0.25, 0.3) is 5.89 Å². The molecule has 0 saturated carbocycles. The molecule has 1 saturated heterocycles. The van der Waals surface area contributed by atoms with Gasteiger partial charge in [0.15, 0.2) is 5.82 Å². The summed E-state index contributed by atoms with van der Waals surface area (Å²) in [6.45, 7) is 7.10. The van der Waals surface area contributed by atoms with E-state index in [-0.39, 0.29) is 24.3 Å². The van der Waals surface area contributed by atoms with Gasteiger partial charge in [-0.3, -0.25) is 9.59 Å². The topological polar surface area (TPSA) is 79.5 Å². The van der Waals surface area contributed by atoms with Gasteiger partial charge < -0.3 is 14.3 Å². The highest BCUT2D eigenvalue weighted by atomic mass is 16.5. The molecule has 7 heteroatoms. The molecule has 0 bridgehead atoms. The van der Waals surface area contributed by atoms with Crippen molar-refractivity contribution in [3.63, 3.8) is 0 Å². The van der Waals surface area contributed by atoms with Gasteiger partial charge in [-0.25, -0.2) is 0 Å². The number of hydrogen-bond donors (Lipinski definition) is 0. The van der Waals surface area contributed by atoms with Crippen LogP contribution in [0.3, 0.4) is 0 Å². The Morgan fingerprint density at radius 1 is 1.28 bits per heavy atom. The third kappa shape index (κ3) is 3.70. The van der Waals surface area contributed by atoms with Gasteiger partial charge in [0.1, 0.15) is 0 Å². The van der Waals surface area contributed by atoms with E-state index >= 15 is 0 Å². The van der Waals surface area contributed by atoms with Crippen LogP contribution in [0, 0.1) is 6.92 Å². The van der Waals surface area contributed by atoms with Crippen molar-refractivity contribution in [1.29, 1.82) is 0 Å². The second-order valence-electron chi connectivity index (χ2n) is 6.41. The molecule has 1 aromatic carbocycles. The average Bonchev–Trinajstić information content (AvgIpc) is 3.03. The number of piperazine rings is 1. The molecule has 132 valence electrons. The van der Waals surface area contributed by atoms with E-state index in [0.717, 1.165) is 11.1 Å². The Morgan fingerprint density at radius 2 is 2.04 bits per heavy atom. The fraction of sp³-hybridized carbons (Fsp3) is 0.444. The predicted molar refractivity (Wildman–Crippen MR) is 91.6 cm³/mol. The zero-order valence-corrected chi connectivity index (χ0v) is 14.7. The van der Waals surface area contributed by atoms with Gasteiger partial charge in [-0.15, -0.1) is 0 Å². The molecule has 2 amide bonds. The minimum absolute atomic E-state index is 0.0167. The fourth-order valence-corrected chi connectivity index (χ4v) is 3.15. The Morgan fingerprint density at radius 3 is 2.72 bits per heavy atom. The third-order valence-electron chi connectivity index (χ3n) is 4.54. The summed E-state index contributed by atoms with van der Waals surface area (Å²) in [6, 6.07) is 7.76. The molecule has 1 atom stereocenters. The first-order chi connectivity index (χ1) is 12.0. The lowest BCUT2D eigenvalue weighted by Crippen LogP contribution is -2.55. The minimum Gasteiger partial charge on any atom is -0.338 e. The summed E-state index contributed by atoms with van der Waals surface area (Å²) >= 11 is 0. The van der Waals surface area contributed by atoms with Gasteiger partial charge in [0.2, 0.25) is 11.8 Å². The second kappa shape index (κ2) is 7.04. The first-order valence-corrected chi connectivity index (χ1v) is 8.39. The normalized spacial score (nSPS) is 17.6. The van der Waals surface area contributed by atoms with E-state index in [0.29, 0.717) is 31.3 Å². The van der Waals surface area contributed by atoms with Gasteiger partial charge in [-0.2, -0.15) is 4.98 Å². The highest BCUT2D eigenvalue weighted by Gasteiger charge is 2.28. The molecular weight excluding hydrogens is 320 g/mol. The third-order valence-corrected chi connectivity index (χ3v) is 4.54. The Hall–Kier alpha value is -2.70. The lowest BCUT2D eigenvalue weighted by molar-refractivity contribution is -0.140. The van der Waals surface area contributed by atoms with Crippen LogP contribution in [0.5, 0.6) is 0 Å². The zero-order valence-electron chi connectivity index (χ0n) is 14.7. The van der Waals surface area contributed by atoms with Crippen molar-refractivity contribution in [2.24, 2.45) is 0 Å². The van der Waals surface area contributed by atoms with E-state index in [1.54, 1.807) is 16.7 Å². The Labute approximate surface area is 146 Å². The zero-order chi connectivity index (χ0) is 18.0. The molecule has 3 rings (SSSR count). The van der Waals surface area contributed by atoms with Crippen molar-refractivity contribution in [3.05, 3.63) is 35.7 Å². The largest absolute Gasteiger partial charge is 0.338 e. The summed E-state index contributed by atoms with van der Waals surface area (Å²) < 4.78 is 5.30. The van der Waals surface area contributed by atoms with Crippen LogP contribution in [0.4, 0.5) is 0 Å². The van der Waals surface area contributed by atoms with Crippen LogP contribution in [0.1, 0.15) is 25.2 Å². The average molecular weight is 342 g/mol. The van der Waals surface area contributed by atoms with Gasteiger partial charge in [-0.05, 0) is 25.5 Å². The number of amides is 2. The van der Waals surface area contributed by atoms with Crippen LogP contribution in [0.25, 0.3) is 11.5 Å². The van der Waals surface area contributed by atoms with Crippen LogP contribution in [0.15, 0.2) is 28.8 Å². The Kier molecular flexibility index (Phi) is 4.83. The summed E-state index contributed by atoms with van der Waals surface area (Å²) in [5.41, 5.74) is 1.91. The number of aryl methyl sites for hydroxylation is 1. The van der Waals surface area contributed by atoms with Crippen LogP contribution >= 0.6 is 0 Å². The van der Waals surface area contributed by atoms with Crippen molar-refractivity contribution in [2.45, 2.75) is 33.2 Å². The van der Waals surface area contributed by atoms with E-state index < -0.39 is 0 Å². The number of aromatic nitrogens is 2. The minimum atomic E-state index is -0.0489. The molecule has 1 aliphatic rings. The maximum atomic E-state index is 12.5. The predicted octanol–water partition coefficient (Wildman–Crippen LogP) is 1.67. The van der Waals surface area contributed by atoms with E-state index in [9.17, 15) is 9.59 Å². The number of nitrogens with zero attached hydrogens (tertiary/aromatic N) is 4. The van der Waals surface area contributed by atoms with Crippen molar-refractivity contribution < 1.29 is 14.1 Å². The van der Waals surface area contributed by atoms with E-state index in [4.69, 9.17) is 4.52 Å². The highest BCUT2D eigenvalue weighted by molar-refractivity contribution is 5.79. The van der Waals surface area contributed by atoms with Crippen molar-refractivity contribution >= 4 is 11.8 Å². The molecule has 0 spiro atoms. The second-order valence-corrected chi connectivity index (χ2v) is 6.41. The number of hydrogen-bond acceptors (Lipinski definition) is 5. The van der Waals surface area contributed by atoms with Gasteiger partial charge in [0, 0.05) is 38.2 Å². The van der Waals surface area contributed by atoms with Crippen molar-refractivity contribution in [1.82, 2.24) is 19.9 Å². The highest BCUT2D eigenvalue weighted by Crippen LogP contribution is 2.21. The maximum Gasteiger partial charge on any atom is 0.258 e. The SMILES string of the molecule is CC(=O)N1CCN(C(=O)Cc2noc(-c3ccccc3C)n2)C[C@@H]1C. The molecule has 0 radical (unpaired) electrons. The summed E-state index contributed by atoms with van der Waals surface area (Å²) in [5.74, 6) is 0.799. The van der Waals surface area contributed by atoms with Crippen molar-refractivity contribution in [2.75, 3.05) is 19.6 Å². The van der Waals surface area contributed by atoms with E-state index in [2.05, 4.69) is 10.1 Å². The Balaban J connectivity index is 1.65. The fourth-order valence-electron chi connectivity index (χ4n) is 3.15. The number of rotatable bonds is 3. The van der Waals surface area contributed by atoms with Crippen LogP contribution in [-0.2, 0) is 16.0 Å². The smallest absolute Gasteiger partial charge is 0.258 e. The summed E-state index contributed by atoms with van der Waals surface area (Å²) in [5, 5.41) is 3.93. The molecule has 0 N–H and O–H groups in total. The molecule has 1 fully saturated rings. The van der Waals surface area contributed by atoms with Gasteiger partial charge >= 0.3 is 0 Å². The van der Waals surface area contributed by atoms with Crippen LogP contribution in [-0.4, -0.2) is 57.4 Å². The quantitative estimate of drug-likeness (QED) is 0.848. The van der Waals surface area contributed by atoms with Crippen LogP contribution in [0.2, 0.25) is 0 Å². The van der Waals surface area contributed by atoms with E-state index in [1.807, 2.05) is 38.1 Å². The lowest BCUT2D eigenvalue weighted by atomic mass is 10.1. The number of carbonyl (C=O) groups excluding carboxylic acids is 2. The molecule has 7 nitrogen and oxygen atoms in total.